The highest BCUT2D eigenvalue weighted by molar-refractivity contribution is 5.80. The Labute approximate surface area is 175 Å². The lowest BCUT2D eigenvalue weighted by Gasteiger charge is -2.33. The molecule has 7 nitrogen and oxygen atoms in total. The van der Waals surface area contributed by atoms with Gasteiger partial charge in [-0.2, -0.15) is 0 Å². The zero-order valence-corrected chi connectivity index (χ0v) is 18.4. The second-order valence-corrected chi connectivity index (χ2v) is 8.03. The molecule has 162 valence electrons. The molecule has 0 bridgehead atoms. The Bertz CT molecular complexity index is 659. The Morgan fingerprint density at radius 3 is 2.52 bits per heavy atom. The Balaban J connectivity index is 1.48. The minimum Gasteiger partial charge on any atom is -0.497 e. The molecule has 1 aromatic carbocycles. The maximum atomic E-state index is 5.41. The second kappa shape index (κ2) is 10.6. The largest absolute Gasteiger partial charge is 0.497 e. The van der Waals surface area contributed by atoms with E-state index in [1.165, 1.54) is 25.8 Å². The van der Waals surface area contributed by atoms with Gasteiger partial charge in [0, 0.05) is 69.2 Å². The van der Waals surface area contributed by atoms with Crippen LogP contribution in [0.25, 0.3) is 0 Å². The van der Waals surface area contributed by atoms with Crippen molar-refractivity contribution in [3.05, 3.63) is 18.2 Å². The number of hydrogen-bond donors (Lipinski definition) is 2. The van der Waals surface area contributed by atoms with Gasteiger partial charge < -0.3 is 25.0 Å². The standard InChI is InChI=1S/C22H37N5O2/c1-17-7-5-6-10-26(17)12-9-24-22(23-2)25-18-8-11-27(16-18)19-13-20(28-3)15-21(14-19)29-4/h13-15,17-18H,5-12,16H2,1-4H3,(H2,23,24,25). The number of anilines is 1. The molecule has 2 unspecified atom stereocenters. The summed E-state index contributed by atoms with van der Waals surface area (Å²) in [5.74, 6) is 2.53. The van der Waals surface area contributed by atoms with Gasteiger partial charge in [0.1, 0.15) is 11.5 Å². The van der Waals surface area contributed by atoms with Crippen LogP contribution in [-0.2, 0) is 0 Å². The summed E-state index contributed by atoms with van der Waals surface area (Å²) >= 11 is 0. The number of nitrogens with zero attached hydrogens (tertiary/aromatic N) is 3. The highest BCUT2D eigenvalue weighted by atomic mass is 16.5. The molecule has 0 spiro atoms. The van der Waals surface area contributed by atoms with Crippen molar-refractivity contribution in [3.8, 4) is 11.5 Å². The Kier molecular flexibility index (Phi) is 7.86. The van der Waals surface area contributed by atoms with Gasteiger partial charge in [-0.25, -0.2) is 0 Å². The van der Waals surface area contributed by atoms with Crippen molar-refractivity contribution in [2.75, 3.05) is 58.9 Å². The molecule has 2 heterocycles. The summed E-state index contributed by atoms with van der Waals surface area (Å²) in [7, 11) is 5.22. The highest BCUT2D eigenvalue weighted by Gasteiger charge is 2.24. The van der Waals surface area contributed by atoms with Crippen molar-refractivity contribution in [1.82, 2.24) is 15.5 Å². The normalized spacial score (nSPS) is 23.2. The van der Waals surface area contributed by atoms with E-state index in [0.717, 1.165) is 55.7 Å². The predicted octanol–water partition coefficient (Wildman–Crippen LogP) is 2.32. The second-order valence-electron chi connectivity index (χ2n) is 8.03. The fourth-order valence-corrected chi connectivity index (χ4v) is 4.28. The quantitative estimate of drug-likeness (QED) is 0.538. The zero-order chi connectivity index (χ0) is 20.6. The summed E-state index contributed by atoms with van der Waals surface area (Å²) in [6, 6.07) is 7.11. The molecule has 2 atom stereocenters. The van der Waals surface area contributed by atoms with Crippen molar-refractivity contribution in [1.29, 1.82) is 0 Å². The van der Waals surface area contributed by atoms with Gasteiger partial charge in [0.25, 0.3) is 0 Å². The molecule has 2 aliphatic heterocycles. The van der Waals surface area contributed by atoms with Crippen molar-refractivity contribution < 1.29 is 9.47 Å². The van der Waals surface area contributed by atoms with Crippen LogP contribution >= 0.6 is 0 Å². The van der Waals surface area contributed by atoms with Gasteiger partial charge in [-0.15, -0.1) is 0 Å². The molecule has 29 heavy (non-hydrogen) atoms. The summed E-state index contributed by atoms with van der Waals surface area (Å²) in [5.41, 5.74) is 1.13. The Hall–Kier alpha value is -2.15. The van der Waals surface area contributed by atoms with Crippen LogP contribution in [0, 0.1) is 0 Å². The van der Waals surface area contributed by atoms with E-state index in [2.05, 4.69) is 44.5 Å². The van der Waals surface area contributed by atoms with Crippen molar-refractivity contribution in [2.24, 2.45) is 4.99 Å². The van der Waals surface area contributed by atoms with Gasteiger partial charge >= 0.3 is 0 Å². The summed E-state index contributed by atoms with van der Waals surface area (Å²) in [4.78, 5) is 9.37. The lowest BCUT2D eigenvalue weighted by Crippen LogP contribution is -2.48. The van der Waals surface area contributed by atoms with E-state index in [1.54, 1.807) is 14.2 Å². The monoisotopic (exact) mass is 403 g/mol. The lowest BCUT2D eigenvalue weighted by atomic mass is 10.0. The topological polar surface area (TPSA) is 61.4 Å². The van der Waals surface area contributed by atoms with Gasteiger partial charge in [-0.1, -0.05) is 6.42 Å². The number of guanidine groups is 1. The first kappa shape index (κ1) is 21.6. The van der Waals surface area contributed by atoms with E-state index in [1.807, 2.05) is 13.1 Å². The fourth-order valence-electron chi connectivity index (χ4n) is 4.28. The van der Waals surface area contributed by atoms with Crippen molar-refractivity contribution >= 4 is 11.6 Å². The van der Waals surface area contributed by atoms with Crippen LogP contribution in [-0.4, -0.2) is 76.9 Å². The average molecular weight is 404 g/mol. The van der Waals surface area contributed by atoms with Crippen molar-refractivity contribution in [3.63, 3.8) is 0 Å². The van der Waals surface area contributed by atoms with Crippen LogP contribution in [0.2, 0.25) is 0 Å². The van der Waals surface area contributed by atoms with Crippen LogP contribution in [0.5, 0.6) is 11.5 Å². The third-order valence-electron chi connectivity index (χ3n) is 6.09. The number of likely N-dealkylation sites (tertiary alicyclic amines) is 1. The van der Waals surface area contributed by atoms with E-state index >= 15 is 0 Å². The van der Waals surface area contributed by atoms with Gasteiger partial charge in [-0.05, 0) is 32.7 Å². The van der Waals surface area contributed by atoms with Crippen LogP contribution in [0.15, 0.2) is 23.2 Å². The molecule has 3 rings (SSSR count). The van der Waals surface area contributed by atoms with Gasteiger partial charge in [0.15, 0.2) is 5.96 Å². The number of hydrogen-bond acceptors (Lipinski definition) is 5. The van der Waals surface area contributed by atoms with Crippen LogP contribution in [0.3, 0.4) is 0 Å². The maximum absolute atomic E-state index is 5.41. The van der Waals surface area contributed by atoms with Crippen molar-refractivity contribution in [2.45, 2.75) is 44.7 Å². The molecule has 0 aliphatic carbocycles. The first-order valence-electron chi connectivity index (χ1n) is 10.8. The van der Waals surface area contributed by atoms with E-state index < -0.39 is 0 Å². The van der Waals surface area contributed by atoms with Crippen LogP contribution in [0.4, 0.5) is 5.69 Å². The average Bonchev–Trinajstić information content (AvgIpc) is 3.22. The molecule has 7 heteroatoms. The van der Waals surface area contributed by atoms with E-state index in [4.69, 9.17) is 9.47 Å². The minimum absolute atomic E-state index is 0.368. The summed E-state index contributed by atoms with van der Waals surface area (Å²) in [6.45, 7) is 7.48. The summed E-state index contributed by atoms with van der Waals surface area (Å²) < 4.78 is 10.8. The number of piperidine rings is 1. The van der Waals surface area contributed by atoms with Gasteiger partial charge in [-0.3, -0.25) is 9.89 Å². The number of aliphatic imine (C=N–C) groups is 1. The smallest absolute Gasteiger partial charge is 0.191 e. The Morgan fingerprint density at radius 1 is 1.10 bits per heavy atom. The number of rotatable bonds is 7. The predicted molar refractivity (Wildman–Crippen MR) is 120 cm³/mol. The maximum Gasteiger partial charge on any atom is 0.191 e. The molecule has 0 aromatic heterocycles. The number of methoxy groups -OCH3 is 2. The van der Waals surface area contributed by atoms with Crippen LogP contribution < -0.4 is 25.0 Å². The first-order valence-corrected chi connectivity index (χ1v) is 10.8. The minimum atomic E-state index is 0.368. The lowest BCUT2D eigenvalue weighted by molar-refractivity contribution is 0.163. The molecule has 0 saturated carbocycles. The SMILES string of the molecule is CN=C(NCCN1CCCCC1C)NC1CCN(c2cc(OC)cc(OC)c2)C1. The molecular formula is C22H37N5O2. The molecular weight excluding hydrogens is 366 g/mol. The number of benzene rings is 1. The molecule has 2 saturated heterocycles. The van der Waals surface area contributed by atoms with E-state index in [-0.39, 0.29) is 0 Å². The first-order chi connectivity index (χ1) is 14.1. The molecule has 0 radical (unpaired) electrons. The Morgan fingerprint density at radius 2 is 1.86 bits per heavy atom. The number of nitrogens with one attached hydrogen (secondary N) is 2. The fraction of sp³-hybridized carbons (Fsp3) is 0.682. The third-order valence-corrected chi connectivity index (χ3v) is 6.09. The van der Waals surface area contributed by atoms with E-state index in [0.29, 0.717) is 12.1 Å². The van der Waals surface area contributed by atoms with Gasteiger partial charge in [0.2, 0.25) is 0 Å². The molecule has 0 amide bonds. The molecule has 2 fully saturated rings. The molecule has 2 N–H and O–H groups in total. The highest BCUT2D eigenvalue weighted by Crippen LogP contribution is 2.30. The summed E-state index contributed by atoms with van der Waals surface area (Å²) in [6.07, 6.45) is 5.08. The zero-order valence-electron chi connectivity index (χ0n) is 18.4. The molecule has 2 aliphatic rings. The van der Waals surface area contributed by atoms with Crippen LogP contribution in [0.1, 0.15) is 32.6 Å². The summed E-state index contributed by atoms with van der Waals surface area (Å²) in [5, 5.41) is 7.08. The van der Waals surface area contributed by atoms with Gasteiger partial charge in [0.05, 0.1) is 14.2 Å². The third kappa shape index (κ3) is 5.92. The van der Waals surface area contributed by atoms with E-state index in [9.17, 15) is 0 Å². The number of ether oxygens (including phenoxy) is 2. The molecule has 1 aromatic rings.